The molecule has 0 aliphatic carbocycles. The number of aromatic nitrogens is 4. The minimum absolute atomic E-state index is 0.195. The molecule has 0 atom stereocenters. The number of benzene rings is 2. The number of rotatable bonds is 5. The predicted octanol–water partition coefficient (Wildman–Crippen LogP) is 3.70. The minimum Gasteiger partial charge on any atom is -0.505 e. The molecular formula is C24H21N5O4. The third-order valence-corrected chi connectivity index (χ3v) is 4.64. The summed E-state index contributed by atoms with van der Waals surface area (Å²) in [4.78, 5) is 33.6. The molecule has 1 amide bonds. The van der Waals surface area contributed by atoms with E-state index in [2.05, 4.69) is 20.4 Å². The van der Waals surface area contributed by atoms with Gasteiger partial charge >= 0.3 is 6.01 Å². The van der Waals surface area contributed by atoms with Crippen LogP contribution in [0, 0.1) is 20.8 Å². The van der Waals surface area contributed by atoms with Gasteiger partial charge in [-0.25, -0.2) is 9.97 Å². The van der Waals surface area contributed by atoms with Crippen molar-refractivity contribution in [2.24, 2.45) is 0 Å². The predicted molar refractivity (Wildman–Crippen MR) is 122 cm³/mol. The Morgan fingerprint density at radius 3 is 2.42 bits per heavy atom. The highest BCUT2D eigenvalue weighted by Crippen LogP contribution is 2.23. The van der Waals surface area contributed by atoms with Crippen molar-refractivity contribution in [3.63, 3.8) is 0 Å². The van der Waals surface area contributed by atoms with Crippen molar-refractivity contribution in [1.82, 2.24) is 19.7 Å². The van der Waals surface area contributed by atoms with Gasteiger partial charge in [0.2, 0.25) is 0 Å². The Morgan fingerprint density at radius 1 is 0.970 bits per heavy atom. The van der Waals surface area contributed by atoms with Crippen LogP contribution in [0.5, 0.6) is 17.5 Å². The molecule has 2 N–H and O–H groups in total. The third kappa shape index (κ3) is 5.04. The molecule has 2 heterocycles. The number of anilines is 1. The van der Waals surface area contributed by atoms with Crippen molar-refractivity contribution >= 4 is 11.6 Å². The number of amides is 1. The van der Waals surface area contributed by atoms with E-state index in [4.69, 9.17) is 4.74 Å². The van der Waals surface area contributed by atoms with Crippen molar-refractivity contribution in [3.05, 3.63) is 93.7 Å². The SMILES string of the molecule is Cc1cccc(-n2nc(C(=O)Nc3cccc(Oc4nc(C)cc(C)n4)c3)c(O)cc2=O)c1. The van der Waals surface area contributed by atoms with Crippen molar-refractivity contribution in [2.45, 2.75) is 20.8 Å². The van der Waals surface area contributed by atoms with E-state index in [9.17, 15) is 14.7 Å². The summed E-state index contributed by atoms with van der Waals surface area (Å²) < 4.78 is 6.78. The topological polar surface area (TPSA) is 119 Å². The lowest BCUT2D eigenvalue weighted by molar-refractivity contribution is 0.101. The summed E-state index contributed by atoms with van der Waals surface area (Å²) in [5, 5.41) is 16.9. The van der Waals surface area contributed by atoms with E-state index < -0.39 is 17.2 Å². The maximum Gasteiger partial charge on any atom is 0.322 e. The monoisotopic (exact) mass is 443 g/mol. The van der Waals surface area contributed by atoms with Crippen LogP contribution in [0.1, 0.15) is 27.4 Å². The van der Waals surface area contributed by atoms with Gasteiger partial charge in [0.05, 0.1) is 5.69 Å². The second kappa shape index (κ2) is 8.91. The van der Waals surface area contributed by atoms with E-state index in [1.165, 1.54) is 0 Å². The van der Waals surface area contributed by atoms with E-state index in [1.807, 2.05) is 32.9 Å². The second-order valence-electron chi connectivity index (χ2n) is 7.48. The fourth-order valence-corrected chi connectivity index (χ4v) is 3.23. The fraction of sp³-hybridized carbons (Fsp3) is 0.125. The highest BCUT2D eigenvalue weighted by atomic mass is 16.5. The smallest absolute Gasteiger partial charge is 0.322 e. The molecule has 0 radical (unpaired) electrons. The van der Waals surface area contributed by atoms with Crippen molar-refractivity contribution < 1.29 is 14.6 Å². The molecule has 0 aliphatic rings. The van der Waals surface area contributed by atoms with Crippen LogP contribution in [0.4, 0.5) is 5.69 Å². The summed E-state index contributed by atoms with van der Waals surface area (Å²) in [6, 6.07) is 16.7. The molecule has 0 unspecified atom stereocenters. The molecule has 166 valence electrons. The number of hydrogen-bond acceptors (Lipinski definition) is 7. The van der Waals surface area contributed by atoms with Gasteiger partial charge < -0.3 is 15.2 Å². The minimum atomic E-state index is -0.686. The Morgan fingerprint density at radius 2 is 1.70 bits per heavy atom. The quantitative estimate of drug-likeness (QED) is 0.483. The standard InChI is InChI=1S/C24H21N5O4/c1-14-6-4-8-18(10-14)29-21(31)13-20(30)22(28-29)23(32)27-17-7-5-9-19(12-17)33-24-25-15(2)11-16(3)26-24/h4-13,30H,1-3H3,(H,27,32). The zero-order valence-electron chi connectivity index (χ0n) is 18.2. The Labute approximate surface area is 189 Å². The number of nitrogens with zero attached hydrogens (tertiary/aromatic N) is 4. The molecule has 0 saturated carbocycles. The number of hydrogen-bond donors (Lipinski definition) is 2. The average Bonchev–Trinajstić information content (AvgIpc) is 2.73. The Hall–Kier alpha value is -4.53. The molecule has 4 rings (SSSR count). The van der Waals surface area contributed by atoms with Gasteiger partial charge in [0.1, 0.15) is 5.75 Å². The van der Waals surface area contributed by atoms with Gasteiger partial charge in [-0.05, 0) is 56.7 Å². The van der Waals surface area contributed by atoms with Crippen molar-refractivity contribution in [3.8, 4) is 23.2 Å². The van der Waals surface area contributed by atoms with Gasteiger partial charge in [-0.2, -0.15) is 9.78 Å². The first kappa shape index (κ1) is 21.7. The fourth-order valence-electron chi connectivity index (χ4n) is 3.23. The number of aromatic hydroxyl groups is 1. The molecular weight excluding hydrogens is 422 g/mol. The highest BCUT2D eigenvalue weighted by Gasteiger charge is 2.17. The number of nitrogens with one attached hydrogen (secondary N) is 1. The van der Waals surface area contributed by atoms with E-state index in [0.29, 0.717) is 17.1 Å². The third-order valence-electron chi connectivity index (χ3n) is 4.64. The van der Waals surface area contributed by atoms with Gasteiger partial charge in [-0.1, -0.05) is 18.2 Å². The largest absolute Gasteiger partial charge is 0.505 e. The molecule has 0 spiro atoms. The lowest BCUT2D eigenvalue weighted by Crippen LogP contribution is -2.25. The van der Waals surface area contributed by atoms with Gasteiger partial charge in [-0.3, -0.25) is 9.59 Å². The van der Waals surface area contributed by atoms with Gasteiger partial charge in [0, 0.05) is 29.2 Å². The number of aryl methyl sites for hydroxylation is 3. The van der Waals surface area contributed by atoms with E-state index in [1.54, 1.807) is 42.5 Å². The molecule has 33 heavy (non-hydrogen) atoms. The zero-order valence-corrected chi connectivity index (χ0v) is 18.2. The van der Waals surface area contributed by atoms with E-state index in [0.717, 1.165) is 27.7 Å². The van der Waals surface area contributed by atoms with Crippen LogP contribution < -0.4 is 15.6 Å². The normalized spacial score (nSPS) is 10.6. The zero-order chi connectivity index (χ0) is 23.5. The van der Waals surface area contributed by atoms with Crippen LogP contribution in [-0.2, 0) is 0 Å². The molecule has 2 aromatic heterocycles. The Bertz CT molecular complexity index is 1390. The number of carbonyl (C=O) groups is 1. The second-order valence-corrected chi connectivity index (χ2v) is 7.48. The molecule has 9 heteroatoms. The molecule has 2 aromatic carbocycles. The summed E-state index contributed by atoms with van der Waals surface area (Å²) in [5.41, 5.74) is 2.50. The summed E-state index contributed by atoms with van der Waals surface area (Å²) in [5.74, 6) is -0.786. The number of ether oxygens (including phenoxy) is 1. The first-order chi connectivity index (χ1) is 15.8. The van der Waals surface area contributed by atoms with Crippen molar-refractivity contribution in [1.29, 1.82) is 0 Å². The van der Waals surface area contributed by atoms with Crippen LogP contribution in [-0.4, -0.2) is 30.8 Å². The van der Waals surface area contributed by atoms with Gasteiger partial charge in [0.25, 0.3) is 11.5 Å². The van der Waals surface area contributed by atoms with Gasteiger partial charge in [-0.15, -0.1) is 0 Å². The Balaban J connectivity index is 1.59. The molecule has 0 aliphatic heterocycles. The van der Waals surface area contributed by atoms with Crippen LogP contribution >= 0.6 is 0 Å². The molecule has 4 aromatic rings. The summed E-state index contributed by atoms with van der Waals surface area (Å²) in [6.07, 6.45) is 0. The van der Waals surface area contributed by atoms with Crippen LogP contribution in [0.25, 0.3) is 5.69 Å². The van der Waals surface area contributed by atoms with Crippen LogP contribution in [0.3, 0.4) is 0 Å². The molecule has 0 bridgehead atoms. The molecule has 9 nitrogen and oxygen atoms in total. The lowest BCUT2D eigenvalue weighted by Gasteiger charge is -2.11. The highest BCUT2D eigenvalue weighted by molar-refractivity contribution is 6.04. The van der Waals surface area contributed by atoms with E-state index >= 15 is 0 Å². The lowest BCUT2D eigenvalue weighted by atomic mass is 10.2. The average molecular weight is 443 g/mol. The summed E-state index contributed by atoms with van der Waals surface area (Å²) in [7, 11) is 0. The number of carbonyl (C=O) groups excluding carboxylic acids is 1. The van der Waals surface area contributed by atoms with Crippen LogP contribution in [0.2, 0.25) is 0 Å². The first-order valence-corrected chi connectivity index (χ1v) is 10.1. The van der Waals surface area contributed by atoms with E-state index in [-0.39, 0.29) is 11.7 Å². The first-order valence-electron chi connectivity index (χ1n) is 10.1. The van der Waals surface area contributed by atoms with Gasteiger partial charge in [0.15, 0.2) is 11.4 Å². The summed E-state index contributed by atoms with van der Waals surface area (Å²) >= 11 is 0. The maximum atomic E-state index is 12.8. The Kier molecular flexibility index (Phi) is 5.86. The maximum absolute atomic E-state index is 12.8. The molecule has 0 fully saturated rings. The van der Waals surface area contributed by atoms with Crippen molar-refractivity contribution in [2.75, 3.05) is 5.32 Å². The molecule has 0 saturated heterocycles. The summed E-state index contributed by atoms with van der Waals surface area (Å²) in [6.45, 7) is 5.56. The van der Waals surface area contributed by atoms with Crippen LogP contribution in [0.15, 0.2) is 65.5 Å².